The molecule has 0 atom stereocenters. The van der Waals surface area contributed by atoms with Crippen LogP contribution in [-0.4, -0.2) is 36.3 Å². The lowest BCUT2D eigenvalue weighted by Crippen LogP contribution is -2.41. The first-order chi connectivity index (χ1) is 10.2. The lowest BCUT2D eigenvalue weighted by molar-refractivity contribution is 0.00578. The number of aliphatic hydroxyl groups is 1. The summed E-state index contributed by atoms with van der Waals surface area (Å²) in [4.78, 5) is 11.2. The SMILES string of the molecule is Cc1ccc(C=O)c(C=C(CO)B2OC(C)(C)C(C)(C)O2)c1. The Balaban J connectivity index is 2.38. The van der Waals surface area contributed by atoms with Gasteiger partial charge in [0.1, 0.15) is 0 Å². The van der Waals surface area contributed by atoms with Gasteiger partial charge in [-0.2, -0.15) is 0 Å². The quantitative estimate of drug-likeness (QED) is 0.686. The molecule has 0 aromatic heterocycles. The van der Waals surface area contributed by atoms with E-state index >= 15 is 0 Å². The number of carbonyl (C=O) groups is 1. The topological polar surface area (TPSA) is 55.8 Å². The van der Waals surface area contributed by atoms with Crippen LogP contribution >= 0.6 is 0 Å². The van der Waals surface area contributed by atoms with Crippen molar-refractivity contribution in [3.8, 4) is 0 Å². The molecule has 1 aromatic rings. The lowest BCUT2D eigenvalue weighted by atomic mass is 9.77. The molecule has 1 aliphatic heterocycles. The number of hydrogen-bond acceptors (Lipinski definition) is 4. The zero-order valence-electron chi connectivity index (χ0n) is 13.8. The molecule has 0 radical (unpaired) electrons. The van der Waals surface area contributed by atoms with Gasteiger partial charge in [0.15, 0.2) is 6.29 Å². The maximum Gasteiger partial charge on any atom is 0.492 e. The Kier molecular flexibility index (Phi) is 4.61. The van der Waals surface area contributed by atoms with Crippen molar-refractivity contribution in [1.82, 2.24) is 0 Å². The third kappa shape index (κ3) is 3.17. The van der Waals surface area contributed by atoms with Crippen molar-refractivity contribution in [2.45, 2.75) is 45.8 Å². The van der Waals surface area contributed by atoms with Crippen LogP contribution in [0, 0.1) is 6.92 Å². The van der Waals surface area contributed by atoms with E-state index in [9.17, 15) is 9.90 Å². The highest BCUT2D eigenvalue weighted by molar-refractivity contribution is 6.55. The molecule has 1 heterocycles. The average Bonchev–Trinajstić information content (AvgIpc) is 2.64. The van der Waals surface area contributed by atoms with Gasteiger partial charge in [-0.15, -0.1) is 0 Å². The van der Waals surface area contributed by atoms with E-state index in [1.54, 1.807) is 12.1 Å². The van der Waals surface area contributed by atoms with E-state index in [-0.39, 0.29) is 6.61 Å². The Morgan fingerprint density at radius 2 is 1.77 bits per heavy atom. The average molecular weight is 302 g/mol. The zero-order valence-corrected chi connectivity index (χ0v) is 13.8. The first kappa shape index (κ1) is 16.9. The minimum absolute atomic E-state index is 0.191. The molecule has 1 N–H and O–H groups in total. The molecule has 0 spiro atoms. The van der Waals surface area contributed by atoms with Gasteiger partial charge in [0, 0.05) is 5.56 Å². The molecule has 0 bridgehead atoms. The summed E-state index contributed by atoms with van der Waals surface area (Å²) in [6.45, 7) is 9.62. The third-order valence-electron chi connectivity index (χ3n) is 4.45. The van der Waals surface area contributed by atoms with Gasteiger partial charge >= 0.3 is 7.12 Å². The maximum absolute atomic E-state index is 11.2. The molecule has 4 nitrogen and oxygen atoms in total. The largest absolute Gasteiger partial charge is 0.492 e. The minimum atomic E-state index is -0.616. The van der Waals surface area contributed by atoms with Gasteiger partial charge < -0.3 is 14.4 Å². The fraction of sp³-hybridized carbons (Fsp3) is 0.471. The van der Waals surface area contributed by atoms with Crippen molar-refractivity contribution in [1.29, 1.82) is 0 Å². The number of carbonyl (C=O) groups excluding carboxylic acids is 1. The van der Waals surface area contributed by atoms with Crippen LogP contribution in [-0.2, 0) is 9.31 Å². The molecule has 0 saturated carbocycles. The summed E-state index contributed by atoms with van der Waals surface area (Å²) in [5.41, 5.74) is 2.05. The van der Waals surface area contributed by atoms with Crippen molar-refractivity contribution in [2.24, 2.45) is 0 Å². The molecule has 5 heteroatoms. The van der Waals surface area contributed by atoms with E-state index in [1.165, 1.54) is 0 Å². The summed E-state index contributed by atoms with van der Waals surface area (Å²) in [6, 6.07) is 5.56. The number of rotatable bonds is 4. The Morgan fingerprint density at radius 1 is 1.18 bits per heavy atom. The molecular weight excluding hydrogens is 279 g/mol. The molecule has 1 aromatic carbocycles. The molecule has 1 saturated heterocycles. The monoisotopic (exact) mass is 302 g/mol. The highest BCUT2D eigenvalue weighted by Crippen LogP contribution is 2.38. The van der Waals surface area contributed by atoms with E-state index in [1.807, 2.05) is 46.8 Å². The van der Waals surface area contributed by atoms with Crippen molar-refractivity contribution in [3.05, 3.63) is 40.4 Å². The van der Waals surface area contributed by atoms with Gasteiger partial charge in [-0.3, -0.25) is 4.79 Å². The second-order valence-electron chi connectivity index (χ2n) is 6.72. The van der Waals surface area contributed by atoms with Gasteiger partial charge in [-0.05, 0) is 45.7 Å². The second kappa shape index (κ2) is 5.99. The molecular formula is C17H23BO4. The van der Waals surface area contributed by atoms with Gasteiger partial charge in [-0.25, -0.2) is 0 Å². The smallest absolute Gasteiger partial charge is 0.400 e. The standard InChI is InChI=1S/C17H23BO4/c1-12-6-7-13(10-19)14(8-12)9-15(11-20)18-21-16(2,3)17(4,5)22-18/h6-10,20H,11H2,1-5H3. The predicted octanol–water partition coefficient (Wildman–Crippen LogP) is 2.81. The summed E-state index contributed by atoms with van der Waals surface area (Å²) in [5.74, 6) is 0. The fourth-order valence-corrected chi connectivity index (χ4v) is 2.31. The second-order valence-corrected chi connectivity index (χ2v) is 6.72. The fourth-order valence-electron chi connectivity index (χ4n) is 2.31. The van der Waals surface area contributed by atoms with Crippen LogP contribution in [0.2, 0.25) is 0 Å². The van der Waals surface area contributed by atoms with E-state index < -0.39 is 18.3 Å². The number of benzene rings is 1. The van der Waals surface area contributed by atoms with Crippen LogP contribution in [0.1, 0.15) is 49.2 Å². The Morgan fingerprint density at radius 3 is 2.27 bits per heavy atom. The molecule has 118 valence electrons. The van der Waals surface area contributed by atoms with Crippen LogP contribution in [0.4, 0.5) is 0 Å². The molecule has 0 aliphatic carbocycles. The van der Waals surface area contributed by atoms with Gasteiger partial charge in [0.25, 0.3) is 0 Å². The summed E-state index contributed by atoms with van der Waals surface area (Å²) >= 11 is 0. The Bertz CT molecular complexity index is 589. The molecule has 1 aliphatic rings. The van der Waals surface area contributed by atoms with Crippen LogP contribution < -0.4 is 0 Å². The van der Waals surface area contributed by atoms with Crippen molar-refractivity contribution in [2.75, 3.05) is 6.61 Å². The van der Waals surface area contributed by atoms with Crippen LogP contribution in [0.15, 0.2) is 23.7 Å². The van der Waals surface area contributed by atoms with Crippen LogP contribution in [0.3, 0.4) is 0 Å². The number of aldehydes is 1. The van der Waals surface area contributed by atoms with Crippen LogP contribution in [0.25, 0.3) is 6.08 Å². The first-order valence-corrected chi connectivity index (χ1v) is 7.43. The molecule has 1 fully saturated rings. The first-order valence-electron chi connectivity index (χ1n) is 7.43. The highest BCUT2D eigenvalue weighted by Gasteiger charge is 2.52. The minimum Gasteiger partial charge on any atom is -0.400 e. The maximum atomic E-state index is 11.2. The molecule has 22 heavy (non-hydrogen) atoms. The normalized spacial score (nSPS) is 20.3. The van der Waals surface area contributed by atoms with E-state index in [0.29, 0.717) is 11.0 Å². The third-order valence-corrected chi connectivity index (χ3v) is 4.45. The Labute approximate surface area is 132 Å². The summed E-state index contributed by atoms with van der Waals surface area (Å²) in [5, 5.41) is 9.70. The van der Waals surface area contributed by atoms with Crippen molar-refractivity contribution < 1.29 is 19.2 Å². The van der Waals surface area contributed by atoms with Gasteiger partial charge in [0.2, 0.25) is 0 Å². The predicted molar refractivity (Wildman–Crippen MR) is 87.7 cm³/mol. The summed E-state index contributed by atoms with van der Waals surface area (Å²) in [7, 11) is -0.616. The van der Waals surface area contributed by atoms with Crippen LogP contribution in [0.5, 0.6) is 0 Å². The molecule has 0 unspecified atom stereocenters. The van der Waals surface area contributed by atoms with Gasteiger partial charge in [0.05, 0.1) is 17.8 Å². The molecule has 0 amide bonds. The van der Waals surface area contributed by atoms with E-state index in [2.05, 4.69) is 0 Å². The summed E-state index contributed by atoms with van der Waals surface area (Å²) in [6.07, 6.45) is 2.59. The Hall–Kier alpha value is -1.43. The number of hydrogen-bond donors (Lipinski definition) is 1. The van der Waals surface area contributed by atoms with Gasteiger partial charge in [-0.1, -0.05) is 29.8 Å². The lowest BCUT2D eigenvalue weighted by Gasteiger charge is -2.32. The highest BCUT2D eigenvalue weighted by atomic mass is 16.7. The zero-order chi connectivity index (χ0) is 16.5. The van der Waals surface area contributed by atoms with Crippen molar-refractivity contribution in [3.63, 3.8) is 0 Å². The number of aryl methyl sites for hydroxylation is 1. The number of aliphatic hydroxyl groups excluding tert-OH is 1. The van der Waals surface area contributed by atoms with E-state index in [4.69, 9.17) is 9.31 Å². The molecule has 2 rings (SSSR count). The summed E-state index contributed by atoms with van der Waals surface area (Å²) < 4.78 is 11.9. The van der Waals surface area contributed by atoms with E-state index in [0.717, 1.165) is 17.4 Å². The van der Waals surface area contributed by atoms with Crippen molar-refractivity contribution >= 4 is 19.5 Å².